The maximum atomic E-state index is 11.9. The summed E-state index contributed by atoms with van der Waals surface area (Å²) < 4.78 is 9.70. The molecule has 1 fully saturated rings. The number of carbonyl (C=O) groups is 3. The van der Waals surface area contributed by atoms with E-state index in [1.807, 2.05) is 30.3 Å². The molecule has 0 N–H and O–H groups in total. The Morgan fingerprint density at radius 3 is 2.65 bits per heavy atom. The van der Waals surface area contributed by atoms with E-state index in [2.05, 4.69) is 4.74 Å². The lowest BCUT2D eigenvalue weighted by atomic mass is 10.2. The molecule has 0 unspecified atom stereocenters. The molecule has 1 aromatic rings. The van der Waals surface area contributed by atoms with Crippen molar-refractivity contribution in [3.05, 3.63) is 35.9 Å². The monoisotopic (exact) mass is 277 g/mol. The van der Waals surface area contributed by atoms with Crippen LogP contribution in [0.3, 0.4) is 0 Å². The van der Waals surface area contributed by atoms with Crippen LogP contribution >= 0.6 is 0 Å². The number of ketones is 1. The van der Waals surface area contributed by atoms with E-state index in [4.69, 9.17) is 4.74 Å². The first-order valence-corrected chi connectivity index (χ1v) is 6.18. The van der Waals surface area contributed by atoms with Crippen LogP contribution in [0.25, 0.3) is 0 Å². The number of nitrogens with zero attached hydrogens (tertiary/aromatic N) is 1. The largest absolute Gasteiger partial charge is 0.467 e. The summed E-state index contributed by atoms with van der Waals surface area (Å²) in [6.07, 6.45) is -0.706. The number of rotatable bonds is 3. The Kier molecular flexibility index (Phi) is 4.34. The van der Waals surface area contributed by atoms with Gasteiger partial charge in [-0.15, -0.1) is 0 Å². The number of Topliss-reactive ketones (excluding diaryl/α,β-unsaturated/α-hetero) is 1. The highest BCUT2D eigenvalue weighted by Crippen LogP contribution is 2.17. The second-order valence-corrected chi connectivity index (χ2v) is 4.45. The van der Waals surface area contributed by atoms with Crippen molar-refractivity contribution >= 4 is 17.8 Å². The summed E-state index contributed by atoms with van der Waals surface area (Å²) >= 11 is 0. The highest BCUT2D eigenvalue weighted by atomic mass is 16.6. The van der Waals surface area contributed by atoms with Crippen molar-refractivity contribution < 1.29 is 23.9 Å². The van der Waals surface area contributed by atoms with Gasteiger partial charge in [0.25, 0.3) is 0 Å². The minimum Gasteiger partial charge on any atom is -0.467 e. The van der Waals surface area contributed by atoms with E-state index < -0.39 is 18.1 Å². The van der Waals surface area contributed by atoms with Crippen LogP contribution in [0.4, 0.5) is 4.79 Å². The van der Waals surface area contributed by atoms with E-state index in [0.29, 0.717) is 0 Å². The fourth-order valence-corrected chi connectivity index (χ4v) is 2.03. The fraction of sp³-hybridized carbons (Fsp3) is 0.357. The van der Waals surface area contributed by atoms with Gasteiger partial charge >= 0.3 is 12.1 Å². The number of carbonyl (C=O) groups excluding carboxylic acids is 3. The summed E-state index contributed by atoms with van der Waals surface area (Å²) in [6, 6.07) is 8.29. The van der Waals surface area contributed by atoms with E-state index in [0.717, 1.165) is 10.5 Å². The number of hydrogen-bond acceptors (Lipinski definition) is 5. The molecule has 6 nitrogen and oxygen atoms in total. The molecule has 1 aliphatic rings. The molecule has 0 saturated carbocycles. The van der Waals surface area contributed by atoms with E-state index in [9.17, 15) is 14.4 Å². The van der Waals surface area contributed by atoms with Gasteiger partial charge in [-0.1, -0.05) is 30.3 Å². The van der Waals surface area contributed by atoms with E-state index in [-0.39, 0.29) is 25.4 Å². The van der Waals surface area contributed by atoms with Crippen molar-refractivity contribution in [1.82, 2.24) is 4.90 Å². The minimum absolute atomic E-state index is 0.0207. The average Bonchev–Trinajstić information content (AvgIpc) is 2.87. The summed E-state index contributed by atoms with van der Waals surface area (Å²) in [7, 11) is 1.22. The molecule has 1 heterocycles. The van der Waals surface area contributed by atoms with Crippen LogP contribution < -0.4 is 0 Å². The number of methoxy groups -OCH3 is 1. The third kappa shape index (κ3) is 3.14. The maximum absolute atomic E-state index is 11.9. The zero-order chi connectivity index (χ0) is 14.5. The predicted molar refractivity (Wildman–Crippen MR) is 68.8 cm³/mol. The molecule has 1 atom stereocenters. The summed E-state index contributed by atoms with van der Waals surface area (Å²) in [4.78, 5) is 36.0. The Morgan fingerprint density at radius 2 is 2.00 bits per heavy atom. The molecule has 0 aliphatic carbocycles. The highest BCUT2D eigenvalue weighted by Gasteiger charge is 2.40. The third-order valence-corrected chi connectivity index (χ3v) is 3.06. The van der Waals surface area contributed by atoms with Gasteiger partial charge in [0.05, 0.1) is 13.7 Å². The number of ether oxygens (including phenoxy) is 2. The predicted octanol–water partition coefficient (Wildman–Crippen LogP) is 1.14. The molecule has 20 heavy (non-hydrogen) atoms. The number of esters is 1. The van der Waals surface area contributed by atoms with E-state index in [1.165, 1.54) is 7.11 Å². The van der Waals surface area contributed by atoms with Crippen molar-refractivity contribution in [1.29, 1.82) is 0 Å². The van der Waals surface area contributed by atoms with Gasteiger partial charge in [0.15, 0.2) is 5.78 Å². The molecule has 0 spiro atoms. The smallest absolute Gasteiger partial charge is 0.411 e. The second-order valence-electron chi connectivity index (χ2n) is 4.45. The summed E-state index contributed by atoms with van der Waals surface area (Å²) in [5.74, 6) is -0.787. The summed E-state index contributed by atoms with van der Waals surface area (Å²) in [5.41, 5.74) is 0.834. The second kappa shape index (κ2) is 6.18. The zero-order valence-corrected chi connectivity index (χ0v) is 11.1. The van der Waals surface area contributed by atoms with Gasteiger partial charge in [-0.05, 0) is 5.56 Å². The zero-order valence-electron chi connectivity index (χ0n) is 11.1. The highest BCUT2D eigenvalue weighted by molar-refractivity contribution is 5.95. The van der Waals surface area contributed by atoms with Gasteiger partial charge in [-0.2, -0.15) is 0 Å². The molecule has 6 heteroatoms. The van der Waals surface area contributed by atoms with Crippen LogP contribution in [0.15, 0.2) is 30.3 Å². The lowest BCUT2D eigenvalue weighted by Gasteiger charge is -2.21. The molecule has 0 bridgehead atoms. The van der Waals surface area contributed by atoms with Crippen LogP contribution in [-0.4, -0.2) is 42.4 Å². The third-order valence-electron chi connectivity index (χ3n) is 3.06. The van der Waals surface area contributed by atoms with Gasteiger partial charge in [0.1, 0.15) is 12.6 Å². The summed E-state index contributed by atoms with van der Waals surface area (Å²) in [5, 5.41) is 0. The van der Waals surface area contributed by atoms with Gasteiger partial charge in [-0.3, -0.25) is 9.69 Å². The molecule has 0 radical (unpaired) electrons. The van der Waals surface area contributed by atoms with Crippen molar-refractivity contribution in [3.63, 3.8) is 0 Å². The molecule has 1 saturated heterocycles. The van der Waals surface area contributed by atoms with E-state index >= 15 is 0 Å². The standard InChI is InChI=1S/C14H15NO5/c1-19-13(17)12-7-11(16)8-15(12)14(18)20-9-10-5-3-2-4-6-10/h2-6,12H,7-9H2,1H3/t12-/m0/s1. The first-order chi connectivity index (χ1) is 9.61. The maximum Gasteiger partial charge on any atom is 0.411 e. The van der Waals surface area contributed by atoms with Crippen molar-refractivity contribution in [2.75, 3.05) is 13.7 Å². The summed E-state index contributed by atoms with van der Waals surface area (Å²) in [6.45, 7) is -0.0222. The van der Waals surface area contributed by atoms with Crippen LogP contribution in [0.2, 0.25) is 0 Å². The first-order valence-electron chi connectivity index (χ1n) is 6.18. The fourth-order valence-electron chi connectivity index (χ4n) is 2.03. The topological polar surface area (TPSA) is 72.9 Å². The lowest BCUT2D eigenvalue weighted by Crippen LogP contribution is -2.41. The van der Waals surface area contributed by atoms with Crippen LogP contribution in [0.1, 0.15) is 12.0 Å². The normalized spacial score (nSPS) is 17.9. The number of amides is 1. The van der Waals surface area contributed by atoms with Crippen molar-refractivity contribution in [3.8, 4) is 0 Å². The number of benzene rings is 1. The quantitative estimate of drug-likeness (QED) is 0.775. The molecule has 1 amide bonds. The van der Waals surface area contributed by atoms with Gasteiger partial charge < -0.3 is 9.47 Å². The van der Waals surface area contributed by atoms with Crippen molar-refractivity contribution in [2.24, 2.45) is 0 Å². The Balaban J connectivity index is 1.97. The van der Waals surface area contributed by atoms with Gasteiger partial charge in [0, 0.05) is 6.42 Å². The number of hydrogen-bond donors (Lipinski definition) is 0. The molecule has 1 aliphatic heterocycles. The SMILES string of the molecule is COC(=O)[C@@H]1CC(=O)CN1C(=O)OCc1ccccc1. The van der Waals surface area contributed by atoms with Gasteiger partial charge in [0.2, 0.25) is 0 Å². The Labute approximate surface area is 116 Å². The molecule has 106 valence electrons. The van der Waals surface area contributed by atoms with Crippen molar-refractivity contribution in [2.45, 2.75) is 19.1 Å². The Morgan fingerprint density at radius 1 is 1.30 bits per heavy atom. The number of likely N-dealkylation sites (tertiary alicyclic amines) is 1. The van der Waals surface area contributed by atoms with E-state index in [1.54, 1.807) is 0 Å². The molecule has 1 aromatic carbocycles. The van der Waals surface area contributed by atoms with Crippen LogP contribution in [0.5, 0.6) is 0 Å². The minimum atomic E-state index is -0.879. The van der Waals surface area contributed by atoms with Crippen LogP contribution in [0, 0.1) is 0 Å². The molecule has 0 aromatic heterocycles. The Bertz CT molecular complexity index is 514. The average molecular weight is 277 g/mol. The molecule has 2 rings (SSSR count). The first kappa shape index (κ1) is 14.0. The van der Waals surface area contributed by atoms with Crippen LogP contribution in [-0.2, 0) is 25.7 Å². The molecular weight excluding hydrogens is 262 g/mol. The lowest BCUT2D eigenvalue weighted by molar-refractivity contribution is -0.145. The molecular formula is C14H15NO5. The van der Waals surface area contributed by atoms with Gasteiger partial charge in [-0.25, -0.2) is 9.59 Å². The Hall–Kier alpha value is -2.37.